The van der Waals surface area contributed by atoms with E-state index < -0.39 is 0 Å². The van der Waals surface area contributed by atoms with E-state index in [-0.39, 0.29) is 0 Å². The molecule has 5 nitrogen and oxygen atoms in total. The van der Waals surface area contributed by atoms with E-state index in [0.717, 1.165) is 11.4 Å². The van der Waals surface area contributed by atoms with Crippen molar-refractivity contribution in [3.63, 3.8) is 0 Å². The summed E-state index contributed by atoms with van der Waals surface area (Å²) in [6.45, 7) is 3.78. The Labute approximate surface area is 126 Å². The van der Waals surface area contributed by atoms with Gasteiger partial charge in [0.15, 0.2) is 0 Å². The van der Waals surface area contributed by atoms with Crippen LogP contribution in [0.5, 0.6) is 0 Å². The summed E-state index contributed by atoms with van der Waals surface area (Å²) >= 11 is 11.8. The minimum Gasteiger partial charge on any atom is -0.322 e. The van der Waals surface area contributed by atoms with Gasteiger partial charge >= 0.3 is 5.95 Å². The molecular formula is C13H14Cl2N5+. The lowest BCUT2D eigenvalue weighted by atomic mass is 10.3. The summed E-state index contributed by atoms with van der Waals surface area (Å²) in [5.74, 6) is 0.737. The van der Waals surface area contributed by atoms with Crippen molar-refractivity contribution in [2.75, 3.05) is 5.32 Å². The number of halogens is 2. The Bertz CT molecular complexity index is 650. The second-order valence-corrected chi connectivity index (χ2v) is 5.08. The number of rotatable bonds is 2. The number of nitrogens with zero attached hydrogens (tertiary/aromatic N) is 2. The van der Waals surface area contributed by atoms with E-state index in [1.165, 1.54) is 0 Å². The average Bonchev–Trinajstić information content (AvgIpc) is 2.32. The molecular weight excluding hydrogens is 297 g/mol. The van der Waals surface area contributed by atoms with Crippen LogP contribution >= 0.6 is 23.2 Å². The first kappa shape index (κ1) is 14.6. The van der Waals surface area contributed by atoms with Gasteiger partial charge in [-0.2, -0.15) is 0 Å². The fourth-order valence-corrected chi connectivity index (χ4v) is 1.96. The predicted octanol–water partition coefficient (Wildman–Crippen LogP) is 1.54. The fraction of sp³-hybridized carbons (Fsp3) is 0.154. The Morgan fingerprint density at radius 2 is 1.75 bits per heavy atom. The molecule has 0 amide bonds. The van der Waals surface area contributed by atoms with Gasteiger partial charge in [0.2, 0.25) is 0 Å². The van der Waals surface area contributed by atoms with Crippen LogP contribution in [0.3, 0.4) is 0 Å². The number of aromatic nitrogens is 2. The number of benzene rings is 1. The van der Waals surface area contributed by atoms with Gasteiger partial charge < -0.3 is 5.73 Å². The second-order valence-electron chi connectivity index (χ2n) is 4.27. The monoisotopic (exact) mass is 310 g/mol. The summed E-state index contributed by atoms with van der Waals surface area (Å²) < 4.78 is 0. The average molecular weight is 311 g/mol. The first-order valence-corrected chi connectivity index (χ1v) is 6.63. The summed E-state index contributed by atoms with van der Waals surface area (Å²) in [4.78, 5) is 11.4. The third kappa shape index (κ3) is 3.82. The van der Waals surface area contributed by atoms with Gasteiger partial charge in [-0.25, -0.2) is 4.99 Å². The fourth-order valence-electron chi connectivity index (χ4n) is 1.66. The lowest BCUT2D eigenvalue weighted by Crippen LogP contribution is -2.72. The zero-order valence-electron chi connectivity index (χ0n) is 11.0. The maximum absolute atomic E-state index is 5.93. The van der Waals surface area contributed by atoms with Gasteiger partial charge in [0, 0.05) is 6.07 Å². The molecule has 1 aromatic heterocycles. The highest BCUT2D eigenvalue weighted by Gasteiger charge is 2.06. The molecule has 0 aliphatic heterocycles. The number of guanidine groups is 1. The first-order valence-electron chi connectivity index (χ1n) is 5.88. The highest BCUT2D eigenvalue weighted by molar-refractivity contribution is 6.42. The molecule has 20 heavy (non-hydrogen) atoms. The van der Waals surface area contributed by atoms with Crippen LogP contribution in [0.15, 0.2) is 24.3 Å². The maximum Gasteiger partial charge on any atom is 0.354 e. The topological polar surface area (TPSA) is 77.8 Å². The standard InChI is InChI=1S/C13H13Cl2N5/c1-7-5-8(2)18-13(17-7)20-12(16)19-9-3-4-10(14)11(15)6-9/h3-6H,1-2H3,(H3,16,17,18,19,20)/p+1. The van der Waals surface area contributed by atoms with Gasteiger partial charge in [0.1, 0.15) is 0 Å². The molecule has 0 spiro atoms. The van der Waals surface area contributed by atoms with Gasteiger partial charge in [0.05, 0.1) is 27.1 Å². The van der Waals surface area contributed by atoms with Gasteiger partial charge in [-0.3, -0.25) is 5.32 Å². The Balaban J connectivity index is 2.20. The van der Waals surface area contributed by atoms with Gasteiger partial charge in [-0.05, 0) is 32.0 Å². The first-order chi connectivity index (χ1) is 9.44. The van der Waals surface area contributed by atoms with Crippen molar-refractivity contribution in [2.24, 2.45) is 5.73 Å². The quantitative estimate of drug-likeness (QED) is 0.581. The van der Waals surface area contributed by atoms with Crippen LogP contribution in [-0.4, -0.2) is 15.9 Å². The number of nitrogens with one attached hydrogen (secondary N) is 2. The number of hydrogen-bond acceptors (Lipinski definition) is 2. The molecule has 1 heterocycles. The van der Waals surface area contributed by atoms with Crippen LogP contribution in [0.1, 0.15) is 11.4 Å². The smallest absolute Gasteiger partial charge is 0.322 e. The molecule has 0 atom stereocenters. The predicted molar refractivity (Wildman–Crippen MR) is 81.4 cm³/mol. The van der Waals surface area contributed by atoms with E-state index in [4.69, 9.17) is 28.9 Å². The Kier molecular flexibility index (Phi) is 4.42. The van der Waals surface area contributed by atoms with Crippen LogP contribution in [0.25, 0.3) is 0 Å². The maximum atomic E-state index is 5.93. The minimum atomic E-state index is 0.299. The zero-order chi connectivity index (χ0) is 14.7. The van der Waals surface area contributed by atoms with Crippen molar-refractivity contribution in [1.29, 1.82) is 0 Å². The molecule has 0 radical (unpaired) electrons. The lowest BCUT2D eigenvalue weighted by molar-refractivity contribution is -0.365. The summed E-state index contributed by atoms with van der Waals surface area (Å²) in [5.41, 5.74) is 8.31. The van der Waals surface area contributed by atoms with Crippen LogP contribution in [0.2, 0.25) is 10.0 Å². The molecule has 7 heteroatoms. The molecule has 2 rings (SSSR count). The van der Waals surface area contributed by atoms with E-state index in [2.05, 4.69) is 20.3 Å². The van der Waals surface area contributed by atoms with Crippen LogP contribution in [0, 0.1) is 13.8 Å². The third-order valence-corrected chi connectivity index (χ3v) is 3.17. The van der Waals surface area contributed by atoms with E-state index in [0.29, 0.717) is 27.6 Å². The number of hydrogen-bond donors (Lipinski definition) is 3. The van der Waals surface area contributed by atoms with Crippen molar-refractivity contribution in [3.05, 3.63) is 45.7 Å². The lowest BCUT2D eigenvalue weighted by Gasteiger charge is -2.03. The van der Waals surface area contributed by atoms with Gasteiger partial charge in [-0.1, -0.05) is 23.2 Å². The van der Waals surface area contributed by atoms with E-state index in [9.17, 15) is 0 Å². The Morgan fingerprint density at radius 3 is 2.35 bits per heavy atom. The number of nitrogens with two attached hydrogens (primary N) is 1. The zero-order valence-corrected chi connectivity index (χ0v) is 12.5. The molecule has 0 fully saturated rings. The van der Waals surface area contributed by atoms with Crippen LogP contribution in [-0.2, 0) is 0 Å². The third-order valence-electron chi connectivity index (χ3n) is 2.43. The SMILES string of the molecule is Cc1cc(C)nc([NH+]=C(N)Nc2ccc(Cl)c(Cl)c2)n1. The molecule has 104 valence electrons. The van der Waals surface area contributed by atoms with Crippen molar-refractivity contribution >= 4 is 40.8 Å². The molecule has 1 aromatic carbocycles. The van der Waals surface area contributed by atoms with Gasteiger partial charge in [0.25, 0.3) is 5.96 Å². The summed E-state index contributed by atoms with van der Waals surface area (Å²) in [7, 11) is 0. The van der Waals surface area contributed by atoms with Crippen molar-refractivity contribution in [3.8, 4) is 0 Å². The highest BCUT2D eigenvalue weighted by atomic mass is 35.5. The van der Waals surface area contributed by atoms with E-state index >= 15 is 0 Å². The minimum absolute atomic E-state index is 0.299. The molecule has 2 aromatic rings. The van der Waals surface area contributed by atoms with E-state index in [1.807, 2.05) is 19.9 Å². The molecule has 0 bridgehead atoms. The van der Waals surface area contributed by atoms with Crippen molar-refractivity contribution < 1.29 is 4.99 Å². The molecule has 0 saturated carbocycles. The van der Waals surface area contributed by atoms with Crippen LogP contribution in [0.4, 0.5) is 11.6 Å². The summed E-state index contributed by atoms with van der Waals surface area (Å²) in [6, 6.07) is 7.02. The van der Waals surface area contributed by atoms with Crippen molar-refractivity contribution in [2.45, 2.75) is 13.8 Å². The summed E-state index contributed by atoms with van der Waals surface area (Å²) in [5, 5.41) is 3.90. The van der Waals surface area contributed by atoms with Crippen LogP contribution < -0.4 is 16.0 Å². The normalized spacial score (nSPS) is 11.5. The Hall–Kier alpha value is -1.85. The Morgan fingerprint density at radius 1 is 1.10 bits per heavy atom. The highest BCUT2D eigenvalue weighted by Crippen LogP contribution is 2.24. The number of anilines is 1. The second kappa shape index (κ2) is 6.07. The van der Waals surface area contributed by atoms with Gasteiger partial charge in [-0.15, -0.1) is 9.97 Å². The van der Waals surface area contributed by atoms with E-state index in [1.54, 1.807) is 18.2 Å². The molecule has 0 aliphatic carbocycles. The summed E-state index contributed by atoms with van der Waals surface area (Å²) in [6.07, 6.45) is 0. The molecule has 0 unspecified atom stereocenters. The number of aryl methyl sites for hydroxylation is 2. The largest absolute Gasteiger partial charge is 0.354 e. The molecule has 0 saturated heterocycles. The van der Waals surface area contributed by atoms with Crippen molar-refractivity contribution in [1.82, 2.24) is 9.97 Å². The molecule has 4 N–H and O–H groups in total. The molecule has 0 aliphatic rings.